The minimum Gasteiger partial charge on any atom is -0.462 e. The molecule has 0 aliphatic rings. The van der Waals surface area contributed by atoms with Crippen LogP contribution < -0.4 is 5.32 Å². The van der Waals surface area contributed by atoms with Gasteiger partial charge < -0.3 is 10.1 Å². The van der Waals surface area contributed by atoms with Gasteiger partial charge in [-0.3, -0.25) is 0 Å². The SMILES string of the molecule is CCOC(=O)c1cnn2ccc(-c3cc(NC)nn3-c3cccc(C)n3)cc12. The van der Waals surface area contributed by atoms with Crippen molar-refractivity contribution in [2.45, 2.75) is 13.8 Å². The van der Waals surface area contributed by atoms with Crippen molar-refractivity contribution in [3.05, 3.63) is 60.0 Å². The Labute approximate surface area is 161 Å². The van der Waals surface area contributed by atoms with Crippen LogP contribution in [0.3, 0.4) is 0 Å². The minimum absolute atomic E-state index is 0.313. The van der Waals surface area contributed by atoms with Crippen molar-refractivity contribution >= 4 is 17.3 Å². The van der Waals surface area contributed by atoms with Crippen molar-refractivity contribution in [2.24, 2.45) is 0 Å². The number of hydrogen-bond donors (Lipinski definition) is 1. The number of anilines is 1. The van der Waals surface area contributed by atoms with Crippen LogP contribution in [0.1, 0.15) is 23.0 Å². The van der Waals surface area contributed by atoms with Crippen molar-refractivity contribution < 1.29 is 9.53 Å². The predicted octanol–water partition coefficient (Wildman–Crippen LogP) is 3.11. The summed E-state index contributed by atoms with van der Waals surface area (Å²) in [7, 11) is 1.82. The molecule has 4 aromatic heterocycles. The van der Waals surface area contributed by atoms with E-state index in [-0.39, 0.29) is 5.97 Å². The Balaban J connectivity index is 1.87. The number of carbonyl (C=O) groups excluding carboxylic acids is 1. The molecule has 4 rings (SSSR count). The van der Waals surface area contributed by atoms with E-state index in [9.17, 15) is 4.79 Å². The van der Waals surface area contributed by atoms with Gasteiger partial charge in [0.25, 0.3) is 0 Å². The Morgan fingerprint density at radius 3 is 2.86 bits per heavy atom. The first kappa shape index (κ1) is 17.7. The number of rotatable bonds is 5. The molecule has 0 unspecified atom stereocenters. The molecule has 0 aromatic carbocycles. The number of hydrogen-bond acceptors (Lipinski definition) is 6. The van der Waals surface area contributed by atoms with Crippen LogP contribution in [-0.2, 0) is 4.74 Å². The van der Waals surface area contributed by atoms with E-state index in [1.54, 1.807) is 16.1 Å². The van der Waals surface area contributed by atoms with Gasteiger partial charge in [-0.15, -0.1) is 5.10 Å². The van der Waals surface area contributed by atoms with Crippen molar-refractivity contribution in [3.8, 4) is 17.1 Å². The topological polar surface area (TPSA) is 86.3 Å². The van der Waals surface area contributed by atoms with Crippen molar-refractivity contribution in [3.63, 3.8) is 0 Å². The standard InChI is InChI=1S/C20H20N6O2/c1-4-28-20(27)15-12-22-25-9-8-14(10-17(15)25)16-11-18(21-3)24-26(16)19-7-5-6-13(2)23-19/h5-12H,4H2,1-3H3,(H,21,24). The summed E-state index contributed by atoms with van der Waals surface area (Å²) in [6.07, 6.45) is 3.34. The smallest absolute Gasteiger partial charge is 0.341 e. The van der Waals surface area contributed by atoms with E-state index in [1.165, 1.54) is 6.20 Å². The number of esters is 1. The quantitative estimate of drug-likeness (QED) is 0.539. The zero-order chi connectivity index (χ0) is 19.7. The highest BCUT2D eigenvalue weighted by molar-refractivity contribution is 5.97. The fourth-order valence-electron chi connectivity index (χ4n) is 3.04. The largest absolute Gasteiger partial charge is 0.462 e. The summed E-state index contributed by atoms with van der Waals surface area (Å²) in [6.45, 7) is 4.03. The highest BCUT2D eigenvalue weighted by Gasteiger charge is 2.17. The molecular formula is C20H20N6O2. The van der Waals surface area contributed by atoms with Gasteiger partial charge in [-0.25, -0.2) is 19.0 Å². The second kappa shape index (κ2) is 7.15. The van der Waals surface area contributed by atoms with Gasteiger partial charge >= 0.3 is 5.97 Å². The zero-order valence-corrected chi connectivity index (χ0v) is 15.9. The fraction of sp³-hybridized carbons (Fsp3) is 0.200. The molecule has 0 fully saturated rings. The molecule has 1 N–H and O–H groups in total. The first-order valence-electron chi connectivity index (χ1n) is 8.97. The third kappa shape index (κ3) is 3.09. The number of nitrogens with zero attached hydrogens (tertiary/aromatic N) is 5. The normalized spacial score (nSPS) is 11.0. The number of carbonyl (C=O) groups is 1. The first-order valence-corrected chi connectivity index (χ1v) is 8.97. The van der Waals surface area contributed by atoms with Crippen LogP contribution in [0.2, 0.25) is 0 Å². The number of aryl methyl sites for hydroxylation is 1. The van der Waals surface area contributed by atoms with Crippen LogP contribution in [0.4, 0.5) is 5.82 Å². The van der Waals surface area contributed by atoms with Crippen molar-refractivity contribution in [2.75, 3.05) is 19.0 Å². The summed E-state index contributed by atoms with van der Waals surface area (Å²) in [4.78, 5) is 16.8. The molecule has 0 atom stereocenters. The summed E-state index contributed by atoms with van der Waals surface area (Å²) in [5.41, 5.74) is 3.74. The van der Waals surface area contributed by atoms with Crippen molar-refractivity contribution in [1.82, 2.24) is 24.4 Å². The number of nitrogens with one attached hydrogen (secondary N) is 1. The van der Waals surface area contributed by atoms with E-state index in [1.807, 2.05) is 56.6 Å². The molecule has 0 radical (unpaired) electrons. The average molecular weight is 376 g/mol. The molecule has 0 saturated carbocycles. The maximum absolute atomic E-state index is 12.2. The molecule has 0 spiro atoms. The monoisotopic (exact) mass is 376 g/mol. The molecule has 4 heterocycles. The van der Waals surface area contributed by atoms with Gasteiger partial charge in [0.2, 0.25) is 0 Å². The van der Waals surface area contributed by atoms with Gasteiger partial charge in [-0.2, -0.15) is 5.10 Å². The average Bonchev–Trinajstić information content (AvgIpc) is 3.32. The second-order valence-electron chi connectivity index (χ2n) is 6.24. The Hall–Kier alpha value is -3.68. The van der Waals surface area contributed by atoms with E-state index in [4.69, 9.17) is 4.74 Å². The zero-order valence-electron chi connectivity index (χ0n) is 15.9. The van der Waals surface area contributed by atoms with Gasteiger partial charge in [0.05, 0.1) is 24.0 Å². The first-order chi connectivity index (χ1) is 13.6. The second-order valence-corrected chi connectivity index (χ2v) is 6.24. The van der Waals surface area contributed by atoms with E-state index < -0.39 is 0 Å². The van der Waals surface area contributed by atoms with E-state index in [0.717, 1.165) is 28.6 Å². The predicted molar refractivity (Wildman–Crippen MR) is 106 cm³/mol. The number of fused-ring (bicyclic) bond motifs is 1. The summed E-state index contributed by atoms with van der Waals surface area (Å²) < 4.78 is 8.57. The van der Waals surface area contributed by atoms with Crippen LogP contribution in [0, 0.1) is 6.92 Å². The van der Waals surface area contributed by atoms with Crippen LogP contribution in [-0.4, -0.2) is 44.0 Å². The van der Waals surface area contributed by atoms with E-state index >= 15 is 0 Å². The molecule has 0 aliphatic heterocycles. The molecule has 8 nitrogen and oxygen atoms in total. The third-order valence-electron chi connectivity index (χ3n) is 4.37. The summed E-state index contributed by atoms with van der Waals surface area (Å²) >= 11 is 0. The lowest BCUT2D eigenvalue weighted by molar-refractivity contribution is 0.0528. The number of aromatic nitrogens is 5. The molecular weight excluding hydrogens is 356 g/mol. The van der Waals surface area contributed by atoms with Crippen molar-refractivity contribution in [1.29, 1.82) is 0 Å². The van der Waals surface area contributed by atoms with Crippen LogP contribution in [0.5, 0.6) is 0 Å². The lowest BCUT2D eigenvalue weighted by atomic mass is 10.1. The number of ether oxygens (including phenoxy) is 1. The molecule has 0 saturated heterocycles. The molecule has 0 amide bonds. The van der Waals surface area contributed by atoms with Gasteiger partial charge in [0, 0.05) is 30.6 Å². The summed E-state index contributed by atoms with van der Waals surface area (Å²) in [6, 6.07) is 11.6. The minimum atomic E-state index is -0.389. The molecule has 8 heteroatoms. The number of pyridine rings is 2. The third-order valence-corrected chi connectivity index (χ3v) is 4.37. The van der Waals surface area contributed by atoms with Crippen LogP contribution in [0.15, 0.2) is 48.8 Å². The Morgan fingerprint density at radius 2 is 2.11 bits per heavy atom. The van der Waals surface area contributed by atoms with E-state index in [0.29, 0.717) is 17.7 Å². The molecule has 0 aliphatic carbocycles. The Kier molecular flexibility index (Phi) is 4.52. The molecule has 142 valence electrons. The van der Waals surface area contributed by atoms with E-state index in [2.05, 4.69) is 20.5 Å². The Bertz CT molecular complexity index is 1160. The molecule has 28 heavy (non-hydrogen) atoms. The lowest BCUT2D eigenvalue weighted by Crippen LogP contribution is -2.05. The van der Waals surface area contributed by atoms with Crippen LogP contribution >= 0.6 is 0 Å². The Morgan fingerprint density at radius 1 is 1.25 bits per heavy atom. The van der Waals surface area contributed by atoms with Gasteiger partial charge in [-0.1, -0.05) is 6.07 Å². The highest BCUT2D eigenvalue weighted by atomic mass is 16.5. The van der Waals surface area contributed by atoms with Gasteiger partial charge in [-0.05, 0) is 38.1 Å². The van der Waals surface area contributed by atoms with Gasteiger partial charge in [0.1, 0.15) is 11.4 Å². The maximum atomic E-state index is 12.2. The highest BCUT2D eigenvalue weighted by Crippen LogP contribution is 2.27. The molecule has 4 aromatic rings. The van der Waals surface area contributed by atoms with Gasteiger partial charge in [0.15, 0.2) is 5.82 Å². The lowest BCUT2D eigenvalue weighted by Gasteiger charge is -2.08. The van der Waals surface area contributed by atoms with Crippen LogP contribution in [0.25, 0.3) is 22.6 Å². The summed E-state index contributed by atoms with van der Waals surface area (Å²) in [5, 5.41) is 11.9. The maximum Gasteiger partial charge on any atom is 0.341 e. The summed E-state index contributed by atoms with van der Waals surface area (Å²) in [5.74, 6) is 1.05. The fourth-order valence-corrected chi connectivity index (χ4v) is 3.04. The molecule has 0 bridgehead atoms.